The first kappa shape index (κ1) is 18.4. The van der Waals surface area contributed by atoms with E-state index in [1.54, 1.807) is 21.4 Å². The number of amides is 1. The van der Waals surface area contributed by atoms with Gasteiger partial charge in [0.15, 0.2) is 0 Å². The van der Waals surface area contributed by atoms with E-state index in [0.717, 1.165) is 16.9 Å². The summed E-state index contributed by atoms with van der Waals surface area (Å²) in [4.78, 5) is 27.8. The molecule has 0 saturated carbocycles. The molecule has 1 fully saturated rings. The first-order valence-corrected chi connectivity index (χ1v) is 10.00. The Hall–Kier alpha value is -2.93. The number of para-hydroxylation sites is 2. The molecule has 1 aliphatic rings. The summed E-state index contributed by atoms with van der Waals surface area (Å²) in [7, 11) is 3.44. The van der Waals surface area contributed by atoms with Crippen molar-refractivity contribution in [2.75, 3.05) is 17.8 Å². The van der Waals surface area contributed by atoms with Crippen LogP contribution in [0.1, 0.15) is 16.6 Å². The van der Waals surface area contributed by atoms with Crippen LogP contribution in [0.3, 0.4) is 0 Å². The summed E-state index contributed by atoms with van der Waals surface area (Å²) < 4.78 is 8.89. The molecule has 1 aromatic heterocycles. The Morgan fingerprint density at radius 3 is 2.43 bits per heavy atom. The minimum absolute atomic E-state index is 0.0769. The molecule has 4 rings (SSSR count). The molecule has 0 aliphatic carbocycles. The van der Waals surface area contributed by atoms with E-state index in [1.807, 2.05) is 68.6 Å². The van der Waals surface area contributed by atoms with Crippen LogP contribution in [0.15, 0.2) is 59.4 Å². The lowest BCUT2D eigenvalue weighted by Crippen LogP contribution is -2.33. The topological polar surface area (TPSA) is 56.5 Å². The predicted octanol–water partition coefficient (Wildman–Crippen LogP) is 3.27. The van der Waals surface area contributed by atoms with Crippen molar-refractivity contribution < 1.29 is 9.53 Å². The van der Waals surface area contributed by atoms with Gasteiger partial charge in [-0.15, -0.1) is 11.8 Å². The Kier molecular flexibility index (Phi) is 4.77. The van der Waals surface area contributed by atoms with Gasteiger partial charge in [-0.1, -0.05) is 36.4 Å². The predicted molar refractivity (Wildman–Crippen MR) is 111 cm³/mol. The zero-order valence-corrected chi connectivity index (χ0v) is 16.8. The molecular weight excluding hydrogens is 374 g/mol. The molecule has 1 saturated heterocycles. The standard InChI is InChI=1S/C21H21N3O3S/c1-14-19(20(26)24(22(14)2)15-9-5-4-6-10-15)23-18(25)13-28-21(23)16-11-7-8-12-17(16)27-3/h4-12,21H,13H2,1-3H3/t21-/m1/s1. The Morgan fingerprint density at radius 2 is 1.71 bits per heavy atom. The Labute approximate surface area is 167 Å². The second kappa shape index (κ2) is 7.24. The van der Waals surface area contributed by atoms with E-state index in [4.69, 9.17) is 4.74 Å². The fourth-order valence-electron chi connectivity index (χ4n) is 3.60. The number of hydrogen-bond acceptors (Lipinski definition) is 4. The number of anilines is 1. The van der Waals surface area contributed by atoms with Crippen molar-refractivity contribution in [2.45, 2.75) is 12.3 Å². The summed E-state index contributed by atoms with van der Waals surface area (Å²) in [5, 5.41) is -0.304. The van der Waals surface area contributed by atoms with Crippen LogP contribution in [0.25, 0.3) is 5.69 Å². The van der Waals surface area contributed by atoms with Crippen LogP contribution in [0.4, 0.5) is 5.69 Å². The number of carbonyl (C=O) groups excluding carboxylic acids is 1. The van der Waals surface area contributed by atoms with E-state index in [0.29, 0.717) is 17.2 Å². The molecule has 1 aliphatic heterocycles. The number of nitrogens with zero attached hydrogens (tertiary/aromatic N) is 3. The average Bonchev–Trinajstić information content (AvgIpc) is 3.19. The van der Waals surface area contributed by atoms with Crippen LogP contribution in [-0.2, 0) is 11.8 Å². The summed E-state index contributed by atoms with van der Waals surface area (Å²) in [5.74, 6) is 0.950. The van der Waals surface area contributed by atoms with Gasteiger partial charge in [-0.05, 0) is 25.1 Å². The maximum Gasteiger partial charge on any atom is 0.295 e. The minimum atomic E-state index is -0.304. The maximum absolute atomic E-state index is 13.4. The van der Waals surface area contributed by atoms with Crippen LogP contribution in [0, 0.1) is 6.92 Å². The molecule has 1 atom stereocenters. The van der Waals surface area contributed by atoms with Gasteiger partial charge in [0.2, 0.25) is 5.91 Å². The van der Waals surface area contributed by atoms with Crippen LogP contribution in [0.2, 0.25) is 0 Å². The first-order valence-electron chi connectivity index (χ1n) is 8.95. The summed E-state index contributed by atoms with van der Waals surface area (Å²) >= 11 is 1.50. The van der Waals surface area contributed by atoms with Crippen LogP contribution < -0.4 is 15.2 Å². The van der Waals surface area contributed by atoms with Gasteiger partial charge in [0.25, 0.3) is 5.56 Å². The molecule has 2 heterocycles. The Balaban J connectivity index is 1.88. The van der Waals surface area contributed by atoms with Crippen molar-refractivity contribution in [3.63, 3.8) is 0 Å². The van der Waals surface area contributed by atoms with Gasteiger partial charge in [0.05, 0.1) is 24.2 Å². The summed E-state index contributed by atoms with van der Waals surface area (Å²) in [6.45, 7) is 1.87. The normalized spacial score (nSPS) is 16.6. The number of carbonyl (C=O) groups is 1. The monoisotopic (exact) mass is 395 g/mol. The Morgan fingerprint density at radius 1 is 1.04 bits per heavy atom. The van der Waals surface area contributed by atoms with Crippen molar-refractivity contribution in [1.82, 2.24) is 9.36 Å². The molecule has 1 amide bonds. The number of benzene rings is 2. The van der Waals surface area contributed by atoms with Gasteiger partial charge >= 0.3 is 0 Å². The van der Waals surface area contributed by atoms with Gasteiger partial charge in [0.1, 0.15) is 16.8 Å². The molecule has 2 aromatic carbocycles. The second-order valence-electron chi connectivity index (χ2n) is 6.58. The molecule has 7 heteroatoms. The van der Waals surface area contributed by atoms with Crippen LogP contribution in [0.5, 0.6) is 5.75 Å². The molecule has 0 radical (unpaired) electrons. The summed E-state index contributed by atoms with van der Waals surface area (Å²) in [6.07, 6.45) is 0. The molecule has 6 nitrogen and oxygen atoms in total. The summed E-state index contributed by atoms with van der Waals surface area (Å²) in [6, 6.07) is 17.1. The molecule has 0 N–H and O–H groups in total. The number of thioether (sulfide) groups is 1. The molecule has 144 valence electrons. The minimum Gasteiger partial charge on any atom is -0.496 e. The third-order valence-corrected chi connectivity index (χ3v) is 6.23. The lowest BCUT2D eigenvalue weighted by molar-refractivity contribution is -0.115. The highest BCUT2D eigenvalue weighted by Crippen LogP contribution is 2.44. The number of hydrogen-bond donors (Lipinski definition) is 0. The van der Waals surface area contributed by atoms with E-state index in [2.05, 4.69) is 0 Å². The highest BCUT2D eigenvalue weighted by molar-refractivity contribution is 8.00. The van der Waals surface area contributed by atoms with E-state index in [-0.39, 0.29) is 16.8 Å². The first-order chi connectivity index (χ1) is 13.5. The molecule has 28 heavy (non-hydrogen) atoms. The van der Waals surface area contributed by atoms with Crippen molar-refractivity contribution in [1.29, 1.82) is 0 Å². The fraction of sp³-hybridized carbons (Fsp3) is 0.238. The smallest absolute Gasteiger partial charge is 0.295 e. The van der Waals surface area contributed by atoms with E-state index in [1.165, 1.54) is 11.8 Å². The second-order valence-corrected chi connectivity index (χ2v) is 7.65. The number of methoxy groups -OCH3 is 1. The van der Waals surface area contributed by atoms with Gasteiger partial charge in [-0.2, -0.15) is 0 Å². The largest absolute Gasteiger partial charge is 0.496 e. The van der Waals surface area contributed by atoms with Crippen molar-refractivity contribution >= 4 is 23.4 Å². The zero-order chi connectivity index (χ0) is 19.8. The molecule has 0 unspecified atom stereocenters. The third kappa shape index (κ3) is 2.82. The summed E-state index contributed by atoms with van der Waals surface area (Å²) in [5.41, 5.74) is 2.59. The molecule has 0 bridgehead atoms. The maximum atomic E-state index is 13.4. The number of ether oxygens (including phenoxy) is 1. The molecule has 0 spiro atoms. The highest BCUT2D eigenvalue weighted by atomic mass is 32.2. The van der Waals surface area contributed by atoms with Crippen LogP contribution in [-0.4, -0.2) is 28.1 Å². The van der Waals surface area contributed by atoms with Gasteiger partial charge in [0, 0.05) is 12.6 Å². The quantitative estimate of drug-likeness (QED) is 0.680. The van der Waals surface area contributed by atoms with Crippen molar-refractivity contribution in [2.24, 2.45) is 7.05 Å². The molecule has 3 aromatic rings. The SMILES string of the molecule is COc1ccccc1[C@H]1SCC(=O)N1c1c(C)n(C)n(-c2ccccc2)c1=O. The van der Waals surface area contributed by atoms with Crippen LogP contribution >= 0.6 is 11.8 Å². The van der Waals surface area contributed by atoms with E-state index in [9.17, 15) is 9.59 Å². The van der Waals surface area contributed by atoms with Crippen molar-refractivity contribution in [3.8, 4) is 11.4 Å². The Bertz CT molecular complexity index is 1090. The van der Waals surface area contributed by atoms with E-state index < -0.39 is 0 Å². The van der Waals surface area contributed by atoms with Crippen molar-refractivity contribution in [3.05, 3.63) is 76.2 Å². The third-order valence-electron chi connectivity index (χ3n) is 5.04. The zero-order valence-electron chi connectivity index (χ0n) is 16.0. The lowest BCUT2D eigenvalue weighted by Gasteiger charge is -2.24. The molecular formula is C21H21N3O3S. The number of rotatable bonds is 4. The average molecular weight is 395 g/mol. The number of aromatic nitrogens is 2. The van der Waals surface area contributed by atoms with Gasteiger partial charge in [-0.25, -0.2) is 4.68 Å². The van der Waals surface area contributed by atoms with Gasteiger partial charge in [-0.3, -0.25) is 19.2 Å². The lowest BCUT2D eigenvalue weighted by atomic mass is 10.1. The highest BCUT2D eigenvalue weighted by Gasteiger charge is 2.39. The van der Waals surface area contributed by atoms with Gasteiger partial charge < -0.3 is 4.74 Å². The fourth-order valence-corrected chi connectivity index (χ4v) is 4.78. The van der Waals surface area contributed by atoms with E-state index >= 15 is 0 Å².